The van der Waals surface area contributed by atoms with Crippen molar-refractivity contribution in [2.75, 3.05) is 5.32 Å². The van der Waals surface area contributed by atoms with Crippen LogP contribution < -0.4 is 10.1 Å². The summed E-state index contributed by atoms with van der Waals surface area (Å²) in [6.45, 7) is 1.51. The van der Waals surface area contributed by atoms with Crippen molar-refractivity contribution >= 4 is 46.5 Å². The third kappa shape index (κ3) is 4.22. The van der Waals surface area contributed by atoms with Crippen molar-refractivity contribution in [1.82, 2.24) is 4.98 Å². The number of carbonyl (C=O) groups is 1. The van der Waals surface area contributed by atoms with Crippen molar-refractivity contribution in [3.63, 3.8) is 0 Å². The molecule has 1 aromatic carbocycles. The molecule has 22 heavy (non-hydrogen) atoms. The first-order chi connectivity index (χ1) is 10.4. The quantitative estimate of drug-likeness (QED) is 0.864. The highest BCUT2D eigenvalue weighted by Crippen LogP contribution is 2.26. The van der Waals surface area contributed by atoms with Crippen molar-refractivity contribution in [3.05, 3.63) is 51.3 Å². The van der Waals surface area contributed by atoms with Crippen LogP contribution in [0.25, 0.3) is 0 Å². The van der Waals surface area contributed by atoms with E-state index in [4.69, 9.17) is 39.5 Å². The zero-order chi connectivity index (χ0) is 16.3. The van der Waals surface area contributed by atoms with Gasteiger partial charge in [-0.05, 0) is 31.2 Å². The van der Waals surface area contributed by atoms with Crippen molar-refractivity contribution < 1.29 is 13.9 Å². The summed E-state index contributed by atoms with van der Waals surface area (Å²) in [5.41, 5.74) is 0. The molecule has 0 bridgehead atoms. The summed E-state index contributed by atoms with van der Waals surface area (Å²) >= 11 is 17.5. The molecule has 1 aromatic heterocycles. The Kier molecular flexibility index (Phi) is 5.45. The minimum absolute atomic E-state index is 0.0716. The lowest BCUT2D eigenvalue weighted by atomic mass is 10.3. The van der Waals surface area contributed by atoms with Gasteiger partial charge in [0.25, 0.3) is 5.91 Å². The molecule has 4 nitrogen and oxygen atoms in total. The van der Waals surface area contributed by atoms with Gasteiger partial charge in [0.15, 0.2) is 11.9 Å². The number of carbonyl (C=O) groups excluding carboxylic acids is 1. The number of rotatable bonds is 4. The number of anilines is 1. The lowest BCUT2D eigenvalue weighted by molar-refractivity contribution is -0.122. The second-order valence-electron chi connectivity index (χ2n) is 4.31. The summed E-state index contributed by atoms with van der Waals surface area (Å²) in [5.74, 6) is -0.624. The van der Waals surface area contributed by atoms with Crippen molar-refractivity contribution in [3.8, 4) is 5.75 Å². The maximum absolute atomic E-state index is 13.0. The van der Waals surface area contributed by atoms with E-state index in [1.807, 2.05) is 0 Å². The molecule has 0 saturated heterocycles. The Morgan fingerprint density at radius 3 is 2.64 bits per heavy atom. The Labute approximate surface area is 141 Å². The lowest BCUT2D eigenvalue weighted by Gasteiger charge is -2.15. The van der Waals surface area contributed by atoms with E-state index < -0.39 is 17.8 Å². The molecule has 1 unspecified atom stereocenters. The highest BCUT2D eigenvalue weighted by atomic mass is 35.5. The van der Waals surface area contributed by atoms with Gasteiger partial charge in [0.05, 0.1) is 15.1 Å². The molecular formula is C14H10Cl3FN2O2. The molecule has 116 valence electrons. The van der Waals surface area contributed by atoms with E-state index in [9.17, 15) is 9.18 Å². The third-order valence-electron chi connectivity index (χ3n) is 2.62. The summed E-state index contributed by atoms with van der Waals surface area (Å²) in [4.78, 5) is 16.0. The molecule has 0 fully saturated rings. The minimum atomic E-state index is -0.892. The first-order valence-corrected chi connectivity index (χ1v) is 7.24. The van der Waals surface area contributed by atoms with Crippen LogP contribution in [0.3, 0.4) is 0 Å². The van der Waals surface area contributed by atoms with Gasteiger partial charge in [0, 0.05) is 6.20 Å². The second kappa shape index (κ2) is 7.13. The number of amides is 1. The maximum atomic E-state index is 13.0. The minimum Gasteiger partial charge on any atom is -0.479 e. The Morgan fingerprint density at radius 1 is 1.27 bits per heavy atom. The smallest absolute Gasteiger partial charge is 0.266 e. The normalized spacial score (nSPS) is 11.9. The van der Waals surface area contributed by atoms with E-state index in [-0.39, 0.29) is 21.6 Å². The van der Waals surface area contributed by atoms with Gasteiger partial charge in [-0.2, -0.15) is 0 Å². The number of halogens is 4. The molecule has 0 spiro atoms. The standard InChI is InChI=1S/C14H10Cl3FN2O2/c1-7(22-12-3-2-9(18)5-10(12)16)14(21)20-13-11(17)4-8(15)6-19-13/h2-7H,1H3,(H,19,20,21). The average molecular weight is 364 g/mol. The van der Waals surface area contributed by atoms with Crippen LogP contribution in [0.1, 0.15) is 6.92 Å². The molecule has 1 amide bonds. The number of hydrogen-bond acceptors (Lipinski definition) is 3. The number of aromatic nitrogens is 1. The molecular weight excluding hydrogens is 354 g/mol. The van der Waals surface area contributed by atoms with E-state index in [2.05, 4.69) is 10.3 Å². The topological polar surface area (TPSA) is 51.2 Å². The number of nitrogens with zero attached hydrogens (tertiary/aromatic N) is 1. The molecule has 0 saturated carbocycles. The summed E-state index contributed by atoms with van der Waals surface area (Å²) in [7, 11) is 0. The van der Waals surface area contributed by atoms with Gasteiger partial charge in [-0.15, -0.1) is 0 Å². The highest BCUT2D eigenvalue weighted by molar-refractivity contribution is 6.36. The molecule has 0 radical (unpaired) electrons. The molecule has 0 aliphatic heterocycles. The molecule has 1 atom stereocenters. The van der Waals surface area contributed by atoms with E-state index in [0.717, 1.165) is 6.07 Å². The van der Waals surface area contributed by atoms with E-state index in [1.54, 1.807) is 0 Å². The van der Waals surface area contributed by atoms with Crippen LogP contribution in [-0.4, -0.2) is 17.0 Å². The van der Waals surface area contributed by atoms with E-state index in [1.165, 1.54) is 31.3 Å². The summed E-state index contributed by atoms with van der Waals surface area (Å²) in [6.07, 6.45) is 0.460. The fraction of sp³-hybridized carbons (Fsp3) is 0.143. The van der Waals surface area contributed by atoms with Crippen LogP contribution in [0.15, 0.2) is 30.5 Å². The van der Waals surface area contributed by atoms with Gasteiger partial charge in [0.1, 0.15) is 11.6 Å². The number of hydrogen-bond donors (Lipinski definition) is 1. The summed E-state index contributed by atoms with van der Waals surface area (Å²) in [5, 5.41) is 3.13. The molecule has 1 heterocycles. The van der Waals surface area contributed by atoms with Crippen molar-refractivity contribution in [2.24, 2.45) is 0 Å². The molecule has 2 rings (SSSR count). The first-order valence-electron chi connectivity index (χ1n) is 6.10. The van der Waals surface area contributed by atoms with E-state index in [0.29, 0.717) is 5.02 Å². The lowest BCUT2D eigenvalue weighted by Crippen LogP contribution is -2.30. The van der Waals surface area contributed by atoms with Crippen LogP contribution in [0.5, 0.6) is 5.75 Å². The monoisotopic (exact) mass is 362 g/mol. The maximum Gasteiger partial charge on any atom is 0.266 e. The molecule has 0 aliphatic rings. The number of pyridine rings is 1. The van der Waals surface area contributed by atoms with Gasteiger partial charge in [-0.3, -0.25) is 4.79 Å². The molecule has 0 aliphatic carbocycles. The van der Waals surface area contributed by atoms with Gasteiger partial charge >= 0.3 is 0 Å². The van der Waals surface area contributed by atoms with Gasteiger partial charge in [0.2, 0.25) is 0 Å². The Hall–Kier alpha value is -1.56. The van der Waals surface area contributed by atoms with Crippen LogP contribution in [0.2, 0.25) is 15.1 Å². The number of ether oxygens (including phenoxy) is 1. The Morgan fingerprint density at radius 2 is 2.00 bits per heavy atom. The van der Waals surface area contributed by atoms with Gasteiger partial charge in [-0.1, -0.05) is 34.8 Å². The number of nitrogens with one attached hydrogen (secondary N) is 1. The second-order valence-corrected chi connectivity index (χ2v) is 5.56. The summed E-state index contributed by atoms with van der Waals surface area (Å²) in [6, 6.07) is 5.08. The number of benzene rings is 1. The SMILES string of the molecule is CC(Oc1ccc(F)cc1Cl)C(=O)Nc1ncc(Cl)cc1Cl. The molecule has 8 heteroatoms. The summed E-state index contributed by atoms with van der Waals surface area (Å²) < 4.78 is 18.3. The zero-order valence-corrected chi connectivity index (χ0v) is 13.5. The Balaban J connectivity index is 2.05. The van der Waals surface area contributed by atoms with Crippen LogP contribution >= 0.6 is 34.8 Å². The predicted molar refractivity (Wildman–Crippen MR) is 84.4 cm³/mol. The van der Waals surface area contributed by atoms with Crippen LogP contribution in [0, 0.1) is 5.82 Å². The van der Waals surface area contributed by atoms with Crippen LogP contribution in [0.4, 0.5) is 10.2 Å². The van der Waals surface area contributed by atoms with E-state index >= 15 is 0 Å². The zero-order valence-electron chi connectivity index (χ0n) is 11.2. The fourth-order valence-corrected chi connectivity index (χ4v) is 2.18. The van der Waals surface area contributed by atoms with Crippen LogP contribution in [-0.2, 0) is 4.79 Å². The predicted octanol–water partition coefficient (Wildman–Crippen LogP) is 4.59. The third-order valence-corrected chi connectivity index (χ3v) is 3.41. The molecule has 1 N–H and O–H groups in total. The fourth-order valence-electron chi connectivity index (χ4n) is 1.54. The first kappa shape index (κ1) is 16.8. The van der Waals surface area contributed by atoms with Gasteiger partial charge < -0.3 is 10.1 Å². The molecule has 2 aromatic rings. The Bertz CT molecular complexity index is 712. The van der Waals surface area contributed by atoms with Crippen molar-refractivity contribution in [2.45, 2.75) is 13.0 Å². The van der Waals surface area contributed by atoms with Crippen molar-refractivity contribution in [1.29, 1.82) is 0 Å². The average Bonchev–Trinajstić information content (AvgIpc) is 2.44. The van der Waals surface area contributed by atoms with Gasteiger partial charge in [-0.25, -0.2) is 9.37 Å². The largest absolute Gasteiger partial charge is 0.479 e. The highest BCUT2D eigenvalue weighted by Gasteiger charge is 2.18.